The number of H-pyrrole nitrogens is 1. The molecule has 5 rings (SSSR count). The van der Waals surface area contributed by atoms with Crippen LogP contribution in [0.25, 0.3) is 0 Å². The number of amides is 1. The minimum absolute atomic E-state index is 0.0260. The molecule has 1 aliphatic carbocycles. The number of carbonyl (C=O) groups excluding carboxylic acids is 1. The standard InChI is InChI=1S/C24H30N4O2/c1-16(2)27-14-10-18-19(15-27)25-21(26-22(18)29)20-9-6-13-28(20)23(30)24(11-12-24)17-7-4-3-5-8-17/h3-5,7-8,16,20H,6,9-15H2,1-2H3,(H,25,26,29)/t20-/m0/s1. The maximum atomic E-state index is 13.6. The van der Waals surface area contributed by atoms with Crippen molar-refractivity contribution >= 4 is 5.91 Å². The summed E-state index contributed by atoms with van der Waals surface area (Å²) in [6.45, 7) is 6.68. The molecule has 0 bridgehead atoms. The summed E-state index contributed by atoms with van der Waals surface area (Å²) < 4.78 is 0. The molecule has 6 nitrogen and oxygen atoms in total. The minimum atomic E-state index is -0.382. The van der Waals surface area contributed by atoms with E-state index in [1.807, 2.05) is 23.1 Å². The van der Waals surface area contributed by atoms with Crippen LogP contribution in [0.15, 0.2) is 35.1 Å². The molecule has 1 aromatic heterocycles. The first kappa shape index (κ1) is 19.5. The number of rotatable bonds is 4. The van der Waals surface area contributed by atoms with Crippen molar-refractivity contribution in [2.45, 2.75) is 70.0 Å². The van der Waals surface area contributed by atoms with E-state index in [1.54, 1.807) is 0 Å². The number of aromatic nitrogens is 2. The fourth-order valence-corrected chi connectivity index (χ4v) is 5.15. The molecule has 0 radical (unpaired) electrons. The fourth-order valence-electron chi connectivity index (χ4n) is 5.15. The Balaban J connectivity index is 1.45. The van der Waals surface area contributed by atoms with E-state index >= 15 is 0 Å². The lowest BCUT2D eigenvalue weighted by molar-refractivity contribution is -0.135. The number of hydrogen-bond acceptors (Lipinski definition) is 4. The van der Waals surface area contributed by atoms with Gasteiger partial charge in [0.15, 0.2) is 0 Å². The number of fused-ring (bicyclic) bond motifs is 1. The largest absolute Gasteiger partial charge is 0.332 e. The van der Waals surface area contributed by atoms with Gasteiger partial charge in [-0.2, -0.15) is 0 Å². The van der Waals surface area contributed by atoms with Gasteiger partial charge in [0.05, 0.1) is 17.2 Å². The highest BCUT2D eigenvalue weighted by molar-refractivity contribution is 5.91. The van der Waals surface area contributed by atoms with Gasteiger partial charge in [0.25, 0.3) is 5.56 Å². The van der Waals surface area contributed by atoms with Crippen LogP contribution < -0.4 is 5.56 Å². The van der Waals surface area contributed by atoms with Crippen molar-refractivity contribution in [3.8, 4) is 0 Å². The summed E-state index contributed by atoms with van der Waals surface area (Å²) in [5.74, 6) is 0.861. The highest BCUT2D eigenvalue weighted by Gasteiger charge is 2.54. The van der Waals surface area contributed by atoms with E-state index in [1.165, 1.54) is 0 Å². The quantitative estimate of drug-likeness (QED) is 0.848. The molecular formula is C24H30N4O2. The maximum Gasteiger partial charge on any atom is 0.254 e. The van der Waals surface area contributed by atoms with E-state index in [0.717, 1.165) is 62.0 Å². The molecule has 2 fully saturated rings. The summed E-state index contributed by atoms with van der Waals surface area (Å²) in [5.41, 5.74) is 2.40. The number of carbonyl (C=O) groups is 1. The zero-order valence-corrected chi connectivity index (χ0v) is 17.9. The monoisotopic (exact) mass is 406 g/mol. The third-order valence-electron chi connectivity index (χ3n) is 7.17. The van der Waals surface area contributed by atoms with Gasteiger partial charge in [0.2, 0.25) is 5.91 Å². The summed E-state index contributed by atoms with van der Waals surface area (Å²) >= 11 is 0. The Labute approximate surface area is 177 Å². The molecule has 3 heterocycles. The topological polar surface area (TPSA) is 69.3 Å². The summed E-state index contributed by atoms with van der Waals surface area (Å²) in [4.78, 5) is 38.7. The summed E-state index contributed by atoms with van der Waals surface area (Å²) in [7, 11) is 0. The highest BCUT2D eigenvalue weighted by atomic mass is 16.2. The average molecular weight is 407 g/mol. The highest BCUT2D eigenvalue weighted by Crippen LogP contribution is 2.51. The molecule has 1 amide bonds. The number of aromatic amines is 1. The molecule has 0 unspecified atom stereocenters. The van der Waals surface area contributed by atoms with Crippen LogP contribution in [-0.2, 0) is 23.2 Å². The van der Waals surface area contributed by atoms with E-state index in [9.17, 15) is 9.59 Å². The second-order valence-corrected chi connectivity index (χ2v) is 9.30. The SMILES string of the molecule is CC(C)N1CCc2c(nc([C@@H]3CCCN3C(=O)C3(c4ccccc4)CC3)[nH]c2=O)C1. The van der Waals surface area contributed by atoms with Crippen LogP contribution in [0.2, 0.25) is 0 Å². The van der Waals surface area contributed by atoms with Gasteiger partial charge in [-0.25, -0.2) is 4.98 Å². The van der Waals surface area contributed by atoms with E-state index in [-0.39, 0.29) is 22.9 Å². The lowest BCUT2D eigenvalue weighted by atomic mass is 9.94. The molecule has 30 heavy (non-hydrogen) atoms. The van der Waals surface area contributed by atoms with Gasteiger partial charge < -0.3 is 9.88 Å². The summed E-state index contributed by atoms with van der Waals surface area (Å²) in [6.07, 6.45) is 4.33. The first-order chi connectivity index (χ1) is 14.5. The van der Waals surface area contributed by atoms with Crippen LogP contribution in [0, 0.1) is 0 Å². The molecule has 158 valence electrons. The number of nitrogens with one attached hydrogen (secondary N) is 1. The van der Waals surface area contributed by atoms with Crippen LogP contribution in [0.1, 0.15) is 68.2 Å². The van der Waals surface area contributed by atoms with Gasteiger partial charge in [-0.1, -0.05) is 30.3 Å². The molecule has 6 heteroatoms. The second-order valence-electron chi connectivity index (χ2n) is 9.30. The first-order valence-electron chi connectivity index (χ1n) is 11.2. The van der Waals surface area contributed by atoms with Crippen molar-refractivity contribution in [2.24, 2.45) is 0 Å². The number of likely N-dealkylation sites (tertiary alicyclic amines) is 1. The van der Waals surface area contributed by atoms with Crippen LogP contribution in [0.5, 0.6) is 0 Å². The molecule has 1 N–H and O–H groups in total. The lowest BCUT2D eigenvalue weighted by Crippen LogP contribution is -2.42. The van der Waals surface area contributed by atoms with Crippen LogP contribution in [0.4, 0.5) is 0 Å². The zero-order valence-electron chi connectivity index (χ0n) is 17.9. The molecule has 3 aliphatic rings. The van der Waals surface area contributed by atoms with Crippen molar-refractivity contribution in [2.75, 3.05) is 13.1 Å². The molecule has 1 saturated heterocycles. The van der Waals surface area contributed by atoms with Gasteiger partial charge in [0.1, 0.15) is 5.82 Å². The molecular weight excluding hydrogens is 376 g/mol. The second kappa shape index (κ2) is 7.34. The maximum absolute atomic E-state index is 13.6. The van der Waals surface area contributed by atoms with Crippen LogP contribution >= 0.6 is 0 Å². The van der Waals surface area contributed by atoms with Crippen molar-refractivity contribution in [1.82, 2.24) is 19.8 Å². The normalized spacial score (nSPS) is 22.9. The zero-order chi connectivity index (χ0) is 20.9. The van der Waals surface area contributed by atoms with Gasteiger partial charge in [-0.3, -0.25) is 14.5 Å². The minimum Gasteiger partial charge on any atom is -0.332 e. The fraction of sp³-hybridized carbons (Fsp3) is 0.542. The Morgan fingerprint density at radius 3 is 2.67 bits per heavy atom. The van der Waals surface area contributed by atoms with Crippen molar-refractivity contribution in [1.29, 1.82) is 0 Å². The first-order valence-corrected chi connectivity index (χ1v) is 11.2. The van der Waals surface area contributed by atoms with Crippen LogP contribution in [-0.4, -0.2) is 44.8 Å². The molecule has 0 spiro atoms. The number of nitrogens with zero attached hydrogens (tertiary/aromatic N) is 3. The molecule has 1 atom stereocenters. The van der Waals surface area contributed by atoms with E-state index < -0.39 is 0 Å². The molecule has 2 aromatic rings. The Hall–Kier alpha value is -2.47. The Morgan fingerprint density at radius 1 is 1.20 bits per heavy atom. The molecule has 1 saturated carbocycles. The smallest absolute Gasteiger partial charge is 0.254 e. The Morgan fingerprint density at radius 2 is 1.97 bits per heavy atom. The molecule has 1 aromatic carbocycles. The van der Waals surface area contributed by atoms with Gasteiger partial charge >= 0.3 is 0 Å². The van der Waals surface area contributed by atoms with E-state index in [2.05, 4.69) is 35.9 Å². The predicted octanol–water partition coefficient (Wildman–Crippen LogP) is 2.93. The predicted molar refractivity (Wildman–Crippen MR) is 115 cm³/mol. The number of benzene rings is 1. The summed E-state index contributed by atoms with van der Waals surface area (Å²) in [5, 5.41) is 0. The third kappa shape index (κ3) is 3.18. The van der Waals surface area contributed by atoms with Gasteiger partial charge in [-0.05, 0) is 51.5 Å². The Bertz CT molecular complexity index is 1010. The van der Waals surface area contributed by atoms with Crippen molar-refractivity contribution in [3.63, 3.8) is 0 Å². The van der Waals surface area contributed by atoms with Gasteiger partial charge in [-0.15, -0.1) is 0 Å². The third-order valence-corrected chi connectivity index (χ3v) is 7.17. The van der Waals surface area contributed by atoms with Crippen molar-refractivity contribution < 1.29 is 4.79 Å². The van der Waals surface area contributed by atoms with Crippen molar-refractivity contribution in [3.05, 3.63) is 63.3 Å². The van der Waals surface area contributed by atoms with E-state index in [4.69, 9.17) is 4.98 Å². The molecule has 2 aliphatic heterocycles. The van der Waals surface area contributed by atoms with E-state index in [0.29, 0.717) is 18.4 Å². The summed E-state index contributed by atoms with van der Waals surface area (Å²) in [6, 6.07) is 10.4. The van der Waals surface area contributed by atoms with Gasteiger partial charge in [0, 0.05) is 31.2 Å². The van der Waals surface area contributed by atoms with Crippen LogP contribution in [0.3, 0.4) is 0 Å². The lowest BCUT2D eigenvalue weighted by Gasteiger charge is -2.32. The Kier molecular flexibility index (Phi) is 4.77. The number of hydrogen-bond donors (Lipinski definition) is 1. The average Bonchev–Trinajstić information content (AvgIpc) is 3.43.